The molecule has 0 radical (unpaired) electrons. The molecule has 1 heterocycles. The maximum Gasteiger partial charge on any atom is 0.154 e. The maximum atomic E-state index is 12.4. The van der Waals surface area contributed by atoms with E-state index < -0.39 is 0 Å². The van der Waals surface area contributed by atoms with Gasteiger partial charge in [0.25, 0.3) is 0 Å². The number of likely N-dealkylation sites (N-methyl/N-ethyl adjacent to an activating group) is 1. The van der Waals surface area contributed by atoms with Gasteiger partial charge >= 0.3 is 0 Å². The molecule has 0 N–H and O–H groups in total. The average molecular weight is 275 g/mol. The lowest BCUT2D eigenvalue weighted by molar-refractivity contribution is -0.123. The second kappa shape index (κ2) is 6.31. The first-order chi connectivity index (χ1) is 9.15. The Hall–Kier alpha value is -1.19. The molecule has 0 saturated carbocycles. The van der Waals surface area contributed by atoms with Crippen LogP contribution >= 0.6 is 11.3 Å². The van der Waals surface area contributed by atoms with Gasteiger partial charge in [-0.2, -0.15) is 0 Å². The summed E-state index contributed by atoms with van der Waals surface area (Å²) in [4.78, 5) is 14.5. The van der Waals surface area contributed by atoms with Crippen molar-refractivity contribution in [2.24, 2.45) is 0 Å². The molecule has 0 amide bonds. The molecule has 2 nitrogen and oxygen atoms in total. The predicted molar refractivity (Wildman–Crippen MR) is 82.8 cm³/mol. The van der Waals surface area contributed by atoms with Crippen molar-refractivity contribution in [1.29, 1.82) is 0 Å². The summed E-state index contributed by atoms with van der Waals surface area (Å²) in [7, 11) is 3.97. The number of fused-ring (bicyclic) bond motifs is 1. The van der Waals surface area contributed by atoms with Gasteiger partial charge in [0.1, 0.15) is 0 Å². The molecular weight excluding hydrogens is 254 g/mol. The Balaban J connectivity index is 2.36. The third-order valence-electron chi connectivity index (χ3n) is 3.40. The standard InChI is InChI=1S/C16H21NOS/c1-4-5-9-14(18)16(17(2)3)13-11-19-15-10-7-6-8-12(13)15/h6-8,10-11,16H,4-5,9H2,1-3H3. The fourth-order valence-electron chi connectivity index (χ4n) is 2.44. The predicted octanol–water partition coefficient (Wildman–Crippen LogP) is 4.26. The molecule has 2 aromatic rings. The molecule has 2 rings (SSSR count). The quantitative estimate of drug-likeness (QED) is 0.785. The summed E-state index contributed by atoms with van der Waals surface area (Å²) in [5.74, 6) is 0.329. The number of benzene rings is 1. The Morgan fingerprint density at radius 1 is 1.32 bits per heavy atom. The van der Waals surface area contributed by atoms with Gasteiger partial charge in [-0.25, -0.2) is 0 Å². The molecule has 1 unspecified atom stereocenters. The van der Waals surface area contributed by atoms with Crippen LogP contribution in [0.25, 0.3) is 10.1 Å². The van der Waals surface area contributed by atoms with E-state index in [4.69, 9.17) is 0 Å². The molecule has 1 aromatic heterocycles. The zero-order valence-electron chi connectivity index (χ0n) is 11.8. The molecule has 102 valence electrons. The smallest absolute Gasteiger partial charge is 0.154 e. The number of unbranched alkanes of at least 4 members (excludes halogenated alkanes) is 1. The summed E-state index contributed by atoms with van der Waals surface area (Å²) in [5, 5.41) is 3.36. The molecule has 0 bridgehead atoms. The van der Waals surface area contributed by atoms with Gasteiger partial charge in [-0.15, -0.1) is 11.3 Å². The number of ketones is 1. The van der Waals surface area contributed by atoms with Gasteiger partial charge in [0, 0.05) is 11.1 Å². The minimum absolute atomic E-state index is 0.109. The minimum atomic E-state index is -0.109. The van der Waals surface area contributed by atoms with Crippen LogP contribution in [0.4, 0.5) is 0 Å². The Kier molecular flexibility index (Phi) is 4.72. The zero-order chi connectivity index (χ0) is 13.8. The highest BCUT2D eigenvalue weighted by atomic mass is 32.1. The number of Topliss-reactive ketones (excluding diaryl/α,β-unsaturated/α-hetero) is 1. The molecule has 0 aliphatic rings. The van der Waals surface area contributed by atoms with E-state index in [-0.39, 0.29) is 6.04 Å². The first-order valence-corrected chi connectivity index (χ1v) is 7.68. The Morgan fingerprint density at radius 2 is 2.05 bits per heavy atom. The summed E-state index contributed by atoms with van der Waals surface area (Å²) in [6.45, 7) is 2.12. The van der Waals surface area contributed by atoms with E-state index in [9.17, 15) is 4.79 Å². The van der Waals surface area contributed by atoms with Crippen LogP contribution in [-0.4, -0.2) is 24.8 Å². The highest BCUT2D eigenvalue weighted by Gasteiger charge is 2.24. The summed E-state index contributed by atoms with van der Waals surface area (Å²) in [6.07, 6.45) is 2.71. The van der Waals surface area contributed by atoms with Crippen LogP contribution in [0, 0.1) is 0 Å². The number of carbonyl (C=O) groups excluding carboxylic acids is 1. The minimum Gasteiger partial charge on any atom is -0.298 e. The van der Waals surface area contributed by atoms with Crippen LogP contribution in [0.3, 0.4) is 0 Å². The lowest BCUT2D eigenvalue weighted by Crippen LogP contribution is -2.27. The number of rotatable bonds is 6. The molecule has 1 atom stereocenters. The Bertz CT molecular complexity index is 559. The van der Waals surface area contributed by atoms with Gasteiger partial charge in [0.15, 0.2) is 5.78 Å². The number of carbonyl (C=O) groups is 1. The summed E-state index contributed by atoms with van der Waals surface area (Å²) < 4.78 is 1.26. The maximum absolute atomic E-state index is 12.4. The normalized spacial score (nSPS) is 13.1. The van der Waals surface area contributed by atoms with E-state index >= 15 is 0 Å². The number of thiophene rings is 1. The largest absolute Gasteiger partial charge is 0.298 e. The first-order valence-electron chi connectivity index (χ1n) is 6.80. The van der Waals surface area contributed by atoms with Crippen molar-refractivity contribution < 1.29 is 4.79 Å². The van der Waals surface area contributed by atoms with Gasteiger partial charge in [-0.3, -0.25) is 9.69 Å². The lowest BCUT2D eigenvalue weighted by Gasteiger charge is -2.23. The summed E-state index contributed by atoms with van der Waals surface area (Å²) in [6, 6.07) is 8.22. The molecule has 0 aliphatic carbocycles. The molecule has 0 saturated heterocycles. The van der Waals surface area contributed by atoms with Crippen LogP contribution in [0.2, 0.25) is 0 Å². The van der Waals surface area contributed by atoms with Crippen molar-refractivity contribution in [2.75, 3.05) is 14.1 Å². The van der Waals surface area contributed by atoms with Crippen molar-refractivity contribution in [2.45, 2.75) is 32.2 Å². The molecule has 1 aromatic carbocycles. The monoisotopic (exact) mass is 275 g/mol. The van der Waals surface area contributed by atoms with Gasteiger partial charge in [-0.1, -0.05) is 31.5 Å². The van der Waals surface area contributed by atoms with E-state index in [1.54, 1.807) is 11.3 Å². The van der Waals surface area contributed by atoms with Crippen molar-refractivity contribution in [3.8, 4) is 0 Å². The average Bonchev–Trinajstić information content (AvgIpc) is 2.80. The van der Waals surface area contributed by atoms with Gasteiger partial charge in [0.05, 0.1) is 6.04 Å². The summed E-state index contributed by atoms with van der Waals surface area (Å²) >= 11 is 1.72. The molecule has 0 spiro atoms. The molecular formula is C16H21NOS. The molecule has 3 heteroatoms. The van der Waals surface area contributed by atoms with Crippen molar-refractivity contribution >= 4 is 27.2 Å². The van der Waals surface area contributed by atoms with Crippen molar-refractivity contribution in [3.05, 3.63) is 35.2 Å². The van der Waals surface area contributed by atoms with Crippen LogP contribution in [-0.2, 0) is 4.79 Å². The topological polar surface area (TPSA) is 20.3 Å². The van der Waals surface area contributed by atoms with Crippen LogP contribution in [0.15, 0.2) is 29.6 Å². The summed E-state index contributed by atoms with van der Waals surface area (Å²) in [5.41, 5.74) is 1.16. The SMILES string of the molecule is CCCCC(=O)C(c1csc2ccccc12)N(C)C. The van der Waals surface area contributed by atoms with Crippen molar-refractivity contribution in [1.82, 2.24) is 4.90 Å². The van der Waals surface area contributed by atoms with Crippen LogP contribution in [0.5, 0.6) is 0 Å². The lowest BCUT2D eigenvalue weighted by atomic mass is 9.97. The zero-order valence-corrected chi connectivity index (χ0v) is 12.7. The highest BCUT2D eigenvalue weighted by molar-refractivity contribution is 7.17. The van der Waals surface area contributed by atoms with E-state index in [1.807, 2.05) is 31.1 Å². The van der Waals surface area contributed by atoms with Crippen LogP contribution in [0.1, 0.15) is 37.8 Å². The second-order valence-electron chi connectivity index (χ2n) is 5.12. The van der Waals surface area contributed by atoms with E-state index in [0.29, 0.717) is 12.2 Å². The first kappa shape index (κ1) is 14.2. The Morgan fingerprint density at radius 3 is 2.74 bits per heavy atom. The second-order valence-corrected chi connectivity index (χ2v) is 6.03. The van der Waals surface area contributed by atoms with Gasteiger partial charge in [0.2, 0.25) is 0 Å². The third-order valence-corrected chi connectivity index (χ3v) is 4.39. The van der Waals surface area contributed by atoms with Gasteiger partial charge in [-0.05, 0) is 42.9 Å². The highest BCUT2D eigenvalue weighted by Crippen LogP contribution is 2.33. The fraction of sp³-hybridized carbons (Fsp3) is 0.438. The Labute approximate surface area is 119 Å². The number of hydrogen-bond donors (Lipinski definition) is 0. The van der Waals surface area contributed by atoms with E-state index in [0.717, 1.165) is 18.4 Å². The molecule has 0 fully saturated rings. The molecule has 19 heavy (non-hydrogen) atoms. The van der Waals surface area contributed by atoms with Crippen LogP contribution < -0.4 is 0 Å². The van der Waals surface area contributed by atoms with E-state index in [1.165, 1.54) is 10.1 Å². The molecule has 0 aliphatic heterocycles. The van der Waals surface area contributed by atoms with Crippen molar-refractivity contribution in [3.63, 3.8) is 0 Å². The third kappa shape index (κ3) is 3.04. The van der Waals surface area contributed by atoms with Gasteiger partial charge < -0.3 is 0 Å². The number of hydrogen-bond acceptors (Lipinski definition) is 3. The number of nitrogens with zero attached hydrogens (tertiary/aromatic N) is 1. The fourth-order valence-corrected chi connectivity index (χ4v) is 3.42. The van der Waals surface area contributed by atoms with E-state index in [2.05, 4.69) is 24.4 Å².